The predicted octanol–water partition coefficient (Wildman–Crippen LogP) is 1.58. The van der Waals surface area contributed by atoms with E-state index in [0.717, 1.165) is 23.7 Å². The summed E-state index contributed by atoms with van der Waals surface area (Å²) in [6, 6.07) is 0. The van der Waals surface area contributed by atoms with Crippen molar-refractivity contribution in [2.45, 2.75) is 19.3 Å². The molecular formula is C10H14O. The van der Waals surface area contributed by atoms with Crippen LogP contribution in [-0.4, -0.2) is 11.7 Å². The Morgan fingerprint density at radius 3 is 2.91 bits per heavy atom. The van der Waals surface area contributed by atoms with Gasteiger partial charge in [0.05, 0.1) is 6.61 Å². The molecule has 0 unspecified atom stereocenters. The van der Waals surface area contributed by atoms with Crippen molar-refractivity contribution in [2.75, 3.05) is 6.61 Å². The summed E-state index contributed by atoms with van der Waals surface area (Å²) in [6.45, 7) is 0.324. The van der Waals surface area contributed by atoms with Crippen LogP contribution in [0, 0.1) is 23.7 Å². The van der Waals surface area contributed by atoms with Gasteiger partial charge in [-0.2, -0.15) is 0 Å². The molecule has 11 heavy (non-hydrogen) atoms. The Bertz CT molecular complexity index is 219. The zero-order chi connectivity index (χ0) is 7.42. The van der Waals surface area contributed by atoms with Crippen LogP contribution >= 0.6 is 0 Å². The van der Waals surface area contributed by atoms with E-state index in [1.165, 1.54) is 24.8 Å². The minimum Gasteiger partial charge on any atom is -0.392 e. The zero-order valence-electron chi connectivity index (χ0n) is 6.66. The molecule has 1 nitrogen and oxygen atoms in total. The zero-order valence-corrected chi connectivity index (χ0v) is 6.66. The van der Waals surface area contributed by atoms with Gasteiger partial charge in [0.25, 0.3) is 0 Å². The molecular weight excluding hydrogens is 136 g/mol. The number of rotatable bonds is 1. The van der Waals surface area contributed by atoms with Gasteiger partial charge in [-0.3, -0.25) is 0 Å². The summed E-state index contributed by atoms with van der Waals surface area (Å²) in [5.74, 6) is 3.66. The maximum Gasteiger partial charge on any atom is 0.0644 e. The number of fused-ring (bicyclic) bond motifs is 5. The molecule has 1 N–H and O–H groups in total. The van der Waals surface area contributed by atoms with Crippen molar-refractivity contribution in [1.82, 2.24) is 0 Å². The number of aliphatic hydroxyl groups excluding tert-OH is 1. The van der Waals surface area contributed by atoms with Crippen molar-refractivity contribution in [3.05, 3.63) is 11.6 Å². The lowest BCUT2D eigenvalue weighted by molar-refractivity contribution is 0.218. The third kappa shape index (κ3) is 0.610. The van der Waals surface area contributed by atoms with Crippen molar-refractivity contribution in [3.63, 3.8) is 0 Å². The summed E-state index contributed by atoms with van der Waals surface area (Å²) in [6.07, 6.45) is 6.67. The van der Waals surface area contributed by atoms with Gasteiger partial charge in [-0.05, 0) is 48.5 Å². The van der Waals surface area contributed by atoms with Crippen LogP contribution in [0.5, 0.6) is 0 Å². The topological polar surface area (TPSA) is 20.2 Å². The van der Waals surface area contributed by atoms with Gasteiger partial charge in [-0.1, -0.05) is 6.08 Å². The van der Waals surface area contributed by atoms with Crippen molar-refractivity contribution in [1.29, 1.82) is 0 Å². The van der Waals surface area contributed by atoms with Crippen LogP contribution in [0.1, 0.15) is 19.3 Å². The first-order valence-electron chi connectivity index (χ1n) is 4.71. The van der Waals surface area contributed by atoms with Crippen LogP contribution in [-0.2, 0) is 0 Å². The SMILES string of the molecule is OCC1=C[C@H]2[C@@H]3CC[C@@H](C3)[C@@H]12. The second-order valence-corrected chi connectivity index (χ2v) is 4.34. The van der Waals surface area contributed by atoms with Gasteiger partial charge >= 0.3 is 0 Å². The third-order valence-electron chi connectivity index (χ3n) is 4.00. The van der Waals surface area contributed by atoms with Crippen LogP contribution in [0.15, 0.2) is 11.6 Å². The number of hydrogen-bond donors (Lipinski definition) is 1. The molecule has 1 heteroatoms. The lowest BCUT2D eigenvalue weighted by Crippen LogP contribution is -2.32. The average molecular weight is 150 g/mol. The van der Waals surface area contributed by atoms with E-state index < -0.39 is 0 Å². The number of allylic oxidation sites excluding steroid dienone is 1. The first-order chi connectivity index (χ1) is 5.40. The highest BCUT2D eigenvalue weighted by atomic mass is 16.3. The van der Waals surface area contributed by atoms with Gasteiger partial charge in [-0.25, -0.2) is 0 Å². The number of hydrogen-bond acceptors (Lipinski definition) is 1. The van der Waals surface area contributed by atoms with E-state index >= 15 is 0 Å². The van der Waals surface area contributed by atoms with E-state index in [-0.39, 0.29) is 0 Å². The van der Waals surface area contributed by atoms with E-state index in [4.69, 9.17) is 5.11 Å². The Morgan fingerprint density at radius 1 is 1.36 bits per heavy atom. The molecule has 2 saturated carbocycles. The van der Waals surface area contributed by atoms with Crippen LogP contribution in [0.4, 0.5) is 0 Å². The Labute approximate surface area is 67.1 Å². The molecule has 0 aromatic rings. The molecule has 0 spiro atoms. The number of aliphatic hydroxyl groups is 1. The van der Waals surface area contributed by atoms with Crippen LogP contribution in [0.3, 0.4) is 0 Å². The van der Waals surface area contributed by atoms with Crippen LogP contribution < -0.4 is 0 Å². The highest BCUT2D eigenvalue weighted by Crippen LogP contribution is 2.60. The molecule has 0 saturated heterocycles. The van der Waals surface area contributed by atoms with Crippen molar-refractivity contribution in [3.8, 4) is 0 Å². The summed E-state index contributed by atoms with van der Waals surface area (Å²) in [7, 11) is 0. The second-order valence-electron chi connectivity index (χ2n) is 4.34. The molecule has 3 rings (SSSR count). The summed E-state index contributed by atoms with van der Waals surface area (Å²) in [5, 5.41) is 8.99. The summed E-state index contributed by atoms with van der Waals surface area (Å²) in [5.41, 5.74) is 1.35. The van der Waals surface area contributed by atoms with Gasteiger partial charge in [0, 0.05) is 0 Å². The highest BCUT2D eigenvalue weighted by molar-refractivity contribution is 5.29. The summed E-state index contributed by atoms with van der Waals surface area (Å²) >= 11 is 0. The van der Waals surface area contributed by atoms with E-state index in [2.05, 4.69) is 6.08 Å². The van der Waals surface area contributed by atoms with E-state index in [1.54, 1.807) is 0 Å². The molecule has 2 bridgehead atoms. The average Bonchev–Trinajstić information content (AvgIpc) is 2.43. The monoisotopic (exact) mass is 150 g/mol. The van der Waals surface area contributed by atoms with Crippen LogP contribution in [0.25, 0.3) is 0 Å². The quantitative estimate of drug-likeness (QED) is 0.563. The van der Waals surface area contributed by atoms with E-state index in [1.807, 2.05) is 0 Å². The lowest BCUT2D eigenvalue weighted by Gasteiger charge is -2.38. The Hall–Kier alpha value is -0.300. The van der Waals surface area contributed by atoms with Crippen molar-refractivity contribution < 1.29 is 5.11 Å². The molecule has 3 aliphatic carbocycles. The molecule has 0 aliphatic heterocycles. The first kappa shape index (κ1) is 6.24. The molecule has 3 aliphatic rings. The maximum atomic E-state index is 8.99. The Morgan fingerprint density at radius 2 is 2.18 bits per heavy atom. The molecule has 0 aromatic carbocycles. The van der Waals surface area contributed by atoms with Gasteiger partial charge in [-0.15, -0.1) is 0 Å². The van der Waals surface area contributed by atoms with Gasteiger partial charge in [0.15, 0.2) is 0 Å². The Kier molecular flexibility index (Phi) is 1.07. The second kappa shape index (κ2) is 1.89. The highest BCUT2D eigenvalue weighted by Gasteiger charge is 2.51. The van der Waals surface area contributed by atoms with Crippen molar-refractivity contribution in [2.24, 2.45) is 23.7 Å². The normalized spacial score (nSPS) is 51.9. The summed E-state index contributed by atoms with van der Waals surface area (Å²) in [4.78, 5) is 0. The standard InChI is InChI=1S/C10H14O/c11-5-8-4-9-6-1-2-7(3-6)10(8)9/h4,6-7,9-11H,1-3,5H2/t6-,7+,9+,10+/m1/s1. The fourth-order valence-electron chi connectivity index (χ4n) is 3.52. The fourth-order valence-corrected chi connectivity index (χ4v) is 3.52. The molecule has 2 fully saturated rings. The van der Waals surface area contributed by atoms with E-state index in [0.29, 0.717) is 6.61 Å². The summed E-state index contributed by atoms with van der Waals surface area (Å²) < 4.78 is 0. The largest absolute Gasteiger partial charge is 0.392 e. The molecule has 0 amide bonds. The maximum absolute atomic E-state index is 8.99. The predicted molar refractivity (Wildman–Crippen MR) is 43.0 cm³/mol. The lowest BCUT2D eigenvalue weighted by atomic mass is 9.67. The van der Waals surface area contributed by atoms with Gasteiger partial charge < -0.3 is 5.11 Å². The third-order valence-corrected chi connectivity index (χ3v) is 4.00. The smallest absolute Gasteiger partial charge is 0.0644 e. The molecule has 0 aromatic heterocycles. The molecule has 0 heterocycles. The van der Waals surface area contributed by atoms with Crippen molar-refractivity contribution >= 4 is 0 Å². The molecule has 60 valence electrons. The van der Waals surface area contributed by atoms with Gasteiger partial charge in [0.2, 0.25) is 0 Å². The van der Waals surface area contributed by atoms with E-state index in [9.17, 15) is 0 Å². The first-order valence-corrected chi connectivity index (χ1v) is 4.71. The minimum atomic E-state index is 0.324. The van der Waals surface area contributed by atoms with Gasteiger partial charge in [0.1, 0.15) is 0 Å². The van der Waals surface area contributed by atoms with Crippen LogP contribution in [0.2, 0.25) is 0 Å². The fraction of sp³-hybridized carbons (Fsp3) is 0.800. The molecule has 0 radical (unpaired) electrons. The Balaban J connectivity index is 1.91. The minimum absolute atomic E-state index is 0.324. The molecule has 4 atom stereocenters.